The molecule has 74 valence electrons. The molecule has 1 aromatic carbocycles. The third-order valence-corrected chi connectivity index (χ3v) is 1.55. The molecule has 0 saturated carbocycles. The highest BCUT2D eigenvalue weighted by atomic mass is 17.1. The minimum absolute atomic E-state index is 0.144. The maximum Gasteiger partial charge on any atom is 0.372 e. The number of carbonyl (C=O) groups excluding carboxylic acids is 1. The number of carbonyl (C=O) groups is 2. The van der Waals surface area contributed by atoms with Crippen LogP contribution in [0.3, 0.4) is 0 Å². The van der Waals surface area contributed by atoms with Crippen LogP contribution in [0.5, 0.6) is 5.75 Å². The fraction of sp³-hybridized carbons (Fsp3) is 0. The van der Waals surface area contributed by atoms with Crippen molar-refractivity contribution < 1.29 is 29.9 Å². The molecule has 0 heterocycles. The quantitative estimate of drug-likeness (QED) is 0.477. The zero-order valence-corrected chi connectivity index (χ0v) is 6.80. The SMILES string of the molecule is O=C(OO)c1ccc(C(=O)O)c(O)c1. The third-order valence-electron chi connectivity index (χ3n) is 1.55. The molecule has 0 aliphatic heterocycles. The second-order valence-corrected chi connectivity index (χ2v) is 2.42. The summed E-state index contributed by atoms with van der Waals surface area (Å²) >= 11 is 0. The Labute approximate surface area is 77.9 Å². The summed E-state index contributed by atoms with van der Waals surface area (Å²) in [5.41, 5.74) is -0.477. The van der Waals surface area contributed by atoms with Gasteiger partial charge in [-0.25, -0.2) is 9.59 Å². The van der Waals surface area contributed by atoms with Crippen molar-refractivity contribution in [2.45, 2.75) is 0 Å². The molecule has 0 unspecified atom stereocenters. The van der Waals surface area contributed by atoms with Gasteiger partial charge in [-0.2, -0.15) is 5.26 Å². The summed E-state index contributed by atoms with van der Waals surface area (Å²) in [7, 11) is 0. The van der Waals surface area contributed by atoms with Crippen LogP contribution in [0.25, 0.3) is 0 Å². The molecule has 0 spiro atoms. The Morgan fingerprint density at radius 3 is 2.36 bits per heavy atom. The van der Waals surface area contributed by atoms with Gasteiger partial charge in [-0.05, 0) is 18.2 Å². The van der Waals surface area contributed by atoms with E-state index in [-0.39, 0.29) is 11.1 Å². The fourth-order valence-corrected chi connectivity index (χ4v) is 0.892. The normalized spacial score (nSPS) is 9.50. The smallest absolute Gasteiger partial charge is 0.372 e. The Balaban J connectivity index is 3.12. The first-order valence-electron chi connectivity index (χ1n) is 3.48. The molecule has 0 aliphatic rings. The molecule has 1 rings (SSSR count). The number of hydrogen-bond acceptors (Lipinski definition) is 5. The first-order chi connectivity index (χ1) is 6.56. The maximum absolute atomic E-state index is 10.7. The standard InChI is InChI=1S/C8H6O6/c9-6-3-4(8(12)14-13)1-2-5(6)7(10)11/h1-3,9,13H,(H,10,11). The first kappa shape index (κ1) is 10.0. The molecular weight excluding hydrogens is 192 g/mol. The monoisotopic (exact) mass is 198 g/mol. The van der Waals surface area contributed by atoms with Crippen molar-refractivity contribution in [2.75, 3.05) is 0 Å². The van der Waals surface area contributed by atoms with E-state index in [0.29, 0.717) is 0 Å². The van der Waals surface area contributed by atoms with E-state index in [4.69, 9.17) is 15.5 Å². The minimum Gasteiger partial charge on any atom is -0.507 e. The second-order valence-electron chi connectivity index (χ2n) is 2.42. The van der Waals surface area contributed by atoms with Crippen LogP contribution in [0, 0.1) is 0 Å². The van der Waals surface area contributed by atoms with E-state index in [1.165, 1.54) is 0 Å². The lowest BCUT2D eigenvalue weighted by atomic mass is 10.1. The number of carboxylic acids is 1. The molecule has 1 aromatic rings. The van der Waals surface area contributed by atoms with Crippen LogP contribution in [0.4, 0.5) is 0 Å². The average molecular weight is 198 g/mol. The van der Waals surface area contributed by atoms with Crippen LogP contribution in [0.15, 0.2) is 18.2 Å². The largest absolute Gasteiger partial charge is 0.507 e. The topological polar surface area (TPSA) is 104 Å². The van der Waals surface area contributed by atoms with E-state index >= 15 is 0 Å². The van der Waals surface area contributed by atoms with Crippen molar-refractivity contribution in [1.29, 1.82) is 0 Å². The number of benzene rings is 1. The molecule has 6 heteroatoms. The van der Waals surface area contributed by atoms with Gasteiger partial charge in [-0.15, -0.1) is 0 Å². The second kappa shape index (κ2) is 3.75. The highest BCUT2D eigenvalue weighted by Crippen LogP contribution is 2.18. The van der Waals surface area contributed by atoms with Crippen LogP contribution in [-0.4, -0.2) is 27.4 Å². The lowest BCUT2D eigenvalue weighted by Crippen LogP contribution is -2.03. The molecule has 0 fully saturated rings. The predicted octanol–water partition coefficient (Wildman–Crippen LogP) is 0.720. The van der Waals surface area contributed by atoms with Gasteiger partial charge in [-0.3, -0.25) is 4.89 Å². The van der Waals surface area contributed by atoms with Crippen LogP contribution < -0.4 is 0 Å². The summed E-state index contributed by atoms with van der Waals surface area (Å²) < 4.78 is 0. The Morgan fingerprint density at radius 1 is 1.29 bits per heavy atom. The van der Waals surface area contributed by atoms with Crippen molar-refractivity contribution in [3.8, 4) is 5.75 Å². The lowest BCUT2D eigenvalue weighted by molar-refractivity contribution is -0.182. The highest BCUT2D eigenvalue weighted by Gasteiger charge is 2.13. The zero-order chi connectivity index (χ0) is 10.7. The number of aromatic hydroxyl groups is 1. The summed E-state index contributed by atoms with van der Waals surface area (Å²) in [5, 5.41) is 25.7. The van der Waals surface area contributed by atoms with Crippen LogP contribution in [0.2, 0.25) is 0 Å². The van der Waals surface area contributed by atoms with E-state index in [1.807, 2.05) is 0 Å². The molecular formula is C8H6O6. The number of rotatable bonds is 2. The van der Waals surface area contributed by atoms with Crippen molar-refractivity contribution >= 4 is 11.9 Å². The summed E-state index contributed by atoms with van der Waals surface area (Å²) in [5.74, 6) is -2.95. The fourth-order valence-electron chi connectivity index (χ4n) is 0.892. The van der Waals surface area contributed by atoms with Gasteiger partial charge < -0.3 is 10.2 Å². The van der Waals surface area contributed by atoms with Crippen molar-refractivity contribution in [3.63, 3.8) is 0 Å². The molecule has 3 N–H and O–H groups in total. The van der Waals surface area contributed by atoms with Gasteiger partial charge in [0, 0.05) is 0 Å². The summed E-state index contributed by atoms with van der Waals surface area (Å²) in [6.07, 6.45) is 0. The van der Waals surface area contributed by atoms with Crippen LogP contribution in [-0.2, 0) is 4.89 Å². The molecule has 14 heavy (non-hydrogen) atoms. The molecule has 0 bridgehead atoms. The van der Waals surface area contributed by atoms with Crippen molar-refractivity contribution in [1.82, 2.24) is 0 Å². The molecule has 6 nitrogen and oxygen atoms in total. The summed E-state index contributed by atoms with van der Waals surface area (Å²) in [4.78, 5) is 24.6. The molecule has 0 saturated heterocycles. The van der Waals surface area contributed by atoms with Gasteiger partial charge in [0.2, 0.25) is 0 Å². The van der Waals surface area contributed by atoms with Gasteiger partial charge in [0.1, 0.15) is 11.3 Å². The molecule has 0 aliphatic carbocycles. The van der Waals surface area contributed by atoms with E-state index in [0.717, 1.165) is 18.2 Å². The zero-order valence-electron chi connectivity index (χ0n) is 6.80. The number of phenols is 1. The van der Waals surface area contributed by atoms with E-state index in [2.05, 4.69) is 4.89 Å². The van der Waals surface area contributed by atoms with Crippen molar-refractivity contribution in [2.24, 2.45) is 0 Å². The summed E-state index contributed by atoms with van der Waals surface area (Å²) in [6, 6.07) is 3.04. The van der Waals surface area contributed by atoms with Crippen LogP contribution >= 0.6 is 0 Å². The summed E-state index contributed by atoms with van der Waals surface area (Å²) in [6.45, 7) is 0. The Hall–Kier alpha value is -2.08. The van der Waals surface area contributed by atoms with Gasteiger partial charge in [0.15, 0.2) is 0 Å². The van der Waals surface area contributed by atoms with E-state index in [1.54, 1.807) is 0 Å². The van der Waals surface area contributed by atoms with Gasteiger partial charge in [0.25, 0.3) is 0 Å². The molecule has 0 atom stereocenters. The van der Waals surface area contributed by atoms with Gasteiger partial charge >= 0.3 is 11.9 Å². The van der Waals surface area contributed by atoms with E-state index in [9.17, 15) is 9.59 Å². The Morgan fingerprint density at radius 2 is 1.93 bits per heavy atom. The van der Waals surface area contributed by atoms with Crippen LogP contribution in [0.1, 0.15) is 20.7 Å². The first-order valence-corrected chi connectivity index (χ1v) is 3.48. The van der Waals surface area contributed by atoms with Gasteiger partial charge in [-0.1, -0.05) is 0 Å². The minimum atomic E-state index is -1.31. The maximum atomic E-state index is 10.7. The average Bonchev–Trinajstić information content (AvgIpc) is 2.15. The molecule has 0 aromatic heterocycles. The predicted molar refractivity (Wildman–Crippen MR) is 43.1 cm³/mol. The number of aromatic carboxylic acids is 1. The Kier molecular flexibility index (Phi) is 2.68. The molecule has 0 amide bonds. The number of hydrogen-bond donors (Lipinski definition) is 3. The molecule has 0 radical (unpaired) electrons. The van der Waals surface area contributed by atoms with E-state index < -0.39 is 17.7 Å². The third kappa shape index (κ3) is 1.80. The Bertz CT molecular complexity index is 383. The highest BCUT2D eigenvalue weighted by molar-refractivity contribution is 5.94. The van der Waals surface area contributed by atoms with Crippen molar-refractivity contribution in [3.05, 3.63) is 29.3 Å². The van der Waals surface area contributed by atoms with Gasteiger partial charge in [0.05, 0.1) is 5.56 Å². The number of carboxylic acid groups (broad SMARTS) is 1. The lowest BCUT2D eigenvalue weighted by Gasteiger charge is -2.01.